The third-order valence-electron chi connectivity index (χ3n) is 1.59. The molecule has 0 saturated carbocycles. The van der Waals surface area contributed by atoms with Crippen LogP contribution in [0.25, 0.3) is 0 Å². The summed E-state index contributed by atoms with van der Waals surface area (Å²) < 4.78 is 38.7. The number of hydrogen-bond acceptors (Lipinski definition) is 4. The summed E-state index contributed by atoms with van der Waals surface area (Å²) in [5.41, 5.74) is -0.170. The van der Waals surface area contributed by atoms with Crippen molar-refractivity contribution < 1.29 is 52.2 Å². The Bertz CT molecular complexity index is 440. The minimum absolute atomic E-state index is 0. The van der Waals surface area contributed by atoms with Crippen LogP contribution in [0.5, 0.6) is 0 Å². The van der Waals surface area contributed by atoms with Crippen molar-refractivity contribution in [1.82, 2.24) is 0 Å². The number of methoxy groups -OCH3 is 1. The molecule has 0 spiro atoms. The van der Waals surface area contributed by atoms with Crippen molar-refractivity contribution >= 4 is 33.0 Å². The summed E-state index contributed by atoms with van der Waals surface area (Å²) in [6, 6.07) is 1.70. The Morgan fingerprint density at radius 2 is 2.12 bits per heavy atom. The van der Waals surface area contributed by atoms with Gasteiger partial charge in [0, 0.05) is 9.37 Å². The Labute approximate surface area is 124 Å². The summed E-state index contributed by atoms with van der Waals surface area (Å²) in [5, 5.41) is 0. The maximum absolute atomic E-state index is 13.0. The van der Waals surface area contributed by atoms with Crippen LogP contribution in [0.4, 0.5) is 4.39 Å². The molecule has 0 aliphatic carbocycles. The zero-order valence-corrected chi connectivity index (χ0v) is 12.9. The molecule has 1 rings (SSSR count). The molecule has 0 heterocycles. The van der Waals surface area contributed by atoms with Gasteiger partial charge in [-0.05, 0) is 39.1 Å². The van der Waals surface area contributed by atoms with Crippen LogP contribution in [0, 0.1) is 5.82 Å². The molecule has 0 aromatic heterocycles. The first-order chi connectivity index (χ1) is 6.97. The SMILES string of the molecule is COC(=O)c1cc(F)cc(S(=O)[O-])c1Br.[Na+]. The molecule has 0 saturated heterocycles. The van der Waals surface area contributed by atoms with Gasteiger partial charge in [0.15, 0.2) is 0 Å². The number of carbonyl (C=O) groups excluding carboxylic acids is 1. The standard InChI is InChI=1S/C8H6BrFO4S.Na/c1-14-8(11)5-2-4(10)3-6(7(5)9)15(12)13;/h2-3H,1H3,(H,12,13);/q;+1/p-1. The average Bonchev–Trinajstić information content (AvgIpc) is 2.19. The van der Waals surface area contributed by atoms with E-state index in [-0.39, 0.29) is 44.5 Å². The smallest absolute Gasteiger partial charge is 0.768 e. The van der Waals surface area contributed by atoms with Crippen molar-refractivity contribution in [2.75, 3.05) is 7.11 Å². The summed E-state index contributed by atoms with van der Waals surface area (Å²) in [7, 11) is 1.12. The average molecular weight is 319 g/mol. The molecular formula is C8H5BrFNaO4S. The Balaban J connectivity index is 0.00000225. The van der Waals surface area contributed by atoms with E-state index in [1.807, 2.05) is 0 Å². The fourth-order valence-electron chi connectivity index (χ4n) is 0.944. The molecule has 0 aliphatic heterocycles. The Morgan fingerprint density at radius 3 is 2.56 bits per heavy atom. The van der Waals surface area contributed by atoms with Crippen LogP contribution in [0.1, 0.15) is 10.4 Å². The summed E-state index contributed by atoms with van der Waals surface area (Å²) in [6.07, 6.45) is 0. The van der Waals surface area contributed by atoms with Crippen LogP contribution in [0.2, 0.25) is 0 Å². The van der Waals surface area contributed by atoms with Crippen LogP contribution >= 0.6 is 15.9 Å². The zero-order valence-electron chi connectivity index (χ0n) is 8.45. The van der Waals surface area contributed by atoms with E-state index in [0.717, 1.165) is 19.2 Å². The maximum atomic E-state index is 13.0. The summed E-state index contributed by atoms with van der Waals surface area (Å²) in [6.45, 7) is 0. The van der Waals surface area contributed by atoms with Crippen molar-refractivity contribution in [3.05, 3.63) is 28.0 Å². The second-order valence-electron chi connectivity index (χ2n) is 2.49. The monoisotopic (exact) mass is 318 g/mol. The molecule has 0 bridgehead atoms. The quantitative estimate of drug-likeness (QED) is 0.383. The molecule has 82 valence electrons. The second kappa shape index (κ2) is 6.83. The van der Waals surface area contributed by atoms with Gasteiger partial charge in [-0.1, -0.05) is 0 Å². The van der Waals surface area contributed by atoms with Gasteiger partial charge in [-0.25, -0.2) is 9.18 Å². The van der Waals surface area contributed by atoms with E-state index in [1.54, 1.807) is 0 Å². The number of halogens is 2. The third-order valence-corrected chi connectivity index (χ3v) is 3.39. The normalized spacial score (nSPS) is 11.5. The van der Waals surface area contributed by atoms with E-state index in [4.69, 9.17) is 0 Å². The van der Waals surface area contributed by atoms with Crippen molar-refractivity contribution in [2.24, 2.45) is 0 Å². The molecule has 1 unspecified atom stereocenters. The second-order valence-corrected chi connectivity index (χ2v) is 4.19. The zero-order chi connectivity index (χ0) is 11.6. The van der Waals surface area contributed by atoms with Gasteiger partial charge in [-0.3, -0.25) is 4.21 Å². The van der Waals surface area contributed by atoms with E-state index in [9.17, 15) is 17.9 Å². The summed E-state index contributed by atoms with van der Waals surface area (Å²) in [4.78, 5) is 10.8. The summed E-state index contributed by atoms with van der Waals surface area (Å²) >= 11 is 0.273. The number of ether oxygens (including phenoxy) is 1. The van der Waals surface area contributed by atoms with Crippen LogP contribution in [0.15, 0.2) is 21.5 Å². The first kappa shape index (κ1) is 16.2. The molecule has 0 radical (unpaired) electrons. The van der Waals surface area contributed by atoms with Gasteiger partial charge in [0.2, 0.25) is 0 Å². The number of rotatable bonds is 2. The topological polar surface area (TPSA) is 66.4 Å². The predicted molar refractivity (Wildman–Crippen MR) is 52.6 cm³/mol. The molecule has 1 aromatic carbocycles. The first-order valence-electron chi connectivity index (χ1n) is 3.64. The molecule has 8 heteroatoms. The van der Waals surface area contributed by atoms with Crippen molar-refractivity contribution in [3.8, 4) is 0 Å². The first-order valence-corrected chi connectivity index (χ1v) is 5.50. The number of benzene rings is 1. The largest absolute Gasteiger partial charge is 1.00 e. The number of hydrogen-bond donors (Lipinski definition) is 0. The molecule has 0 N–H and O–H groups in total. The van der Waals surface area contributed by atoms with E-state index >= 15 is 0 Å². The molecule has 0 fully saturated rings. The van der Waals surface area contributed by atoms with Crippen LogP contribution in [0.3, 0.4) is 0 Å². The molecule has 0 aliphatic rings. The Hall–Kier alpha value is 0.210. The summed E-state index contributed by atoms with van der Waals surface area (Å²) in [5.74, 6) is -1.63. The minimum atomic E-state index is -2.62. The Morgan fingerprint density at radius 1 is 1.56 bits per heavy atom. The molecule has 0 amide bonds. The van der Waals surface area contributed by atoms with Gasteiger partial charge in [-0.2, -0.15) is 0 Å². The molecule has 4 nitrogen and oxygen atoms in total. The van der Waals surface area contributed by atoms with Crippen LogP contribution in [-0.4, -0.2) is 21.8 Å². The fourth-order valence-corrected chi connectivity index (χ4v) is 2.20. The Kier molecular flexibility index (Phi) is 6.92. The van der Waals surface area contributed by atoms with Gasteiger partial charge in [0.05, 0.1) is 12.7 Å². The van der Waals surface area contributed by atoms with Crippen molar-refractivity contribution in [1.29, 1.82) is 0 Å². The third kappa shape index (κ3) is 3.61. The van der Waals surface area contributed by atoms with Crippen LogP contribution < -0.4 is 29.6 Å². The fraction of sp³-hybridized carbons (Fsp3) is 0.125. The van der Waals surface area contributed by atoms with Gasteiger partial charge in [-0.15, -0.1) is 0 Å². The predicted octanol–water partition coefficient (Wildman–Crippen LogP) is -1.38. The molecule has 1 aromatic rings. The van der Waals surface area contributed by atoms with Gasteiger partial charge < -0.3 is 9.29 Å². The van der Waals surface area contributed by atoms with Crippen LogP contribution in [-0.2, 0) is 15.8 Å². The van der Waals surface area contributed by atoms with E-state index < -0.39 is 22.9 Å². The minimum Gasteiger partial charge on any atom is -0.768 e. The maximum Gasteiger partial charge on any atom is 1.00 e. The van der Waals surface area contributed by atoms with E-state index in [1.165, 1.54) is 0 Å². The molecule has 1 atom stereocenters. The van der Waals surface area contributed by atoms with Crippen molar-refractivity contribution in [3.63, 3.8) is 0 Å². The molecular weight excluding hydrogens is 314 g/mol. The number of esters is 1. The van der Waals surface area contributed by atoms with E-state index in [2.05, 4.69) is 20.7 Å². The van der Waals surface area contributed by atoms with Gasteiger partial charge >= 0.3 is 35.5 Å². The van der Waals surface area contributed by atoms with Crippen molar-refractivity contribution in [2.45, 2.75) is 4.90 Å². The van der Waals surface area contributed by atoms with Gasteiger partial charge in [0.25, 0.3) is 0 Å². The van der Waals surface area contributed by atoms with Gasteiger partial charge in [0.1, 0.15) is 5.82 Å². The van der Waals surface area contributed by atoms with E-state index in [0.29, 0.717) is 0 Å². The molecule has 16 heavy (non-hydrogen) atoms. The number of carbonyl (C=O) groups is 1.